The Hall–Kier alpha value is -2.25. The molecule has 0 saturated carbocycles. The van der Waals surface area contributed by atoms with Crippen LogP contribution in [0.2, 0.25) is 0 Å². The quantitative estimate of drug-likeness (QED) is 0.775. The first-order chi connectivity index (χ1) is 14.3. The van der Waals surface area contributed by atoms with Crippen LogP contribution in [0, 0.1) is 11.8 Å². The maximum atomic E-state index is 13.2. The summed E-state index contributed by atoms with van der Waals surface area (Å²) in [4.78, 5) is 18.0. The van der Waals surface area contributed by atoms with Crippen LogP contribution in [0.4, 0.5) is 0 Å². The number of carbonyl (C=O) groups excluding carboxylic acids is 1. The van der Waals surface area contributed by atoms with E-state index in [1.165, 1.54) is 5.56 Å². The maximum Gasteiger partial charge on any atom is 0.224 e. The number of benzene rings is 1. The summed E-state index contributed by atoms with van der Waals surface area (Å²) in [6.07, 6.45) is 6.11. The van der Waals surface area contributed by atoms with E-state index in [1.807, 2.05) is 4.57 Å². The van der Waals surface area contributed by atoms with Gasteiger partial charge in [0.15, 0.2) is 0 Å². The van der Waals surface area contributed by atoms with Crippen LogP contribution in [0.1, 0.15) is 30.9 Å². The van der Waals surface area contributed by atoms with Gasteiger partial charge in [-0.2, -0.15) is 0 Å². The summed E-state index contributed by atoms with van der Waals surface area (Å²) >= 11 is 0. The van der Waals surface area contributed by atoms with Crippen molar-refractivity contribution < 1.29 is 9.53 Å². The Labute approximate surface area is 171 Å². The minimum atomic E-state index is 0.180. The molecule has 3 saturated heterocycles. The van der Waals surface area contributed by atoms with E-state index in [0.717, 1.165) is 45.7 Å². The molecule has 0 N–H and O–H groups in total. The zero-order chi connectivity index (χ0) is 19.6. The molecular formula is C22H29N5O2. The Morgan fingerprint density at radius 1 is 1.03 bits per heavy atom. The zero-order valence-corrected chi connectivity index (χ0v) is 16.8. The standard InChI is InChI=1S/C22H29N5O2/c28-21(6-9-25-15-23-24-16-25)27-13-18-12-26(19-7-10-29-11-8-19)14-20(18)22(27)17-4-2-1-3-5-17/h1-5,15-16,18-20,22H,6-14H2/t18-,20-,22+/m0/s1. The molecule has 0 bridgehead atoms. The highest BCUT2D eigenvalue weighted by Gasteiger charge is 2.49. The van der Waals surface area contributed by atoms with Crippen molar-refractivity contribution in [2.24, 2.45) is 11.8 Å². The molecule has 4 heterocycles. The molecule has 3 aliphatic rings. The van der Waals surface area contributed by atoms with Crippen molar-refractivity contribution in [1.29, 1.82) is 0 Å². The van der Waals surface area contributed by atoms with Gasteiger partial charge in [0.1, 0.15) is 12.7 Å². The van der Waals surface area contributed by atoms with Gasteiger partial charge < -0.3 is 14.2 Å². The molecule has 1 aromatic heterocycles. The Morgan fingerprint density at radius 3 is 2.55 bits per heavy atom. The van der Waals surface area contributed by atoms with Crippen LogP contribution >= 0.6 is 0 Å². The zero-order valence-electron chi connectivity index (χ0n) is 16.8. The number of amides is 1. The molecule has 7 heteroatoms. The molecule has 3 atom stereocenters. The molecule has 0 radical (unpaired) electrons. The molecule has 29 heavy (non-hydrogen) atoms. The fourth-order valence-electron chi connectivity index (χ4n) is 5.47. The van der Waals surface area contributed by atoms with E-state index in [2.05, 4.69) is 50.3 Å². The molecule has 1 amide bonds. The maximum absolute atomic E-state index is 13.2. The highest BCUT2D eigenvalue weighted by Crippen LogP contribution is 2.46. The first kappa shape index (κ1) is 18.8. The second kappa shape index (κ2) is 8.24. The largest absolute Gasteiger partial charge is 0.381 e. The second-order valence-electron chi connectivity index (χ2n) is 8.57. The van der Waals surface area contributed by atoms with Crippen LogP contribution in [0.25, 0.3) is 0 Å². The number of aryl methyl sites for hydroxylation is 1. The van der Waals surface area contributed by atoms with Crippen LogP contribution in [0.3, 0.4) is 0 Å². The molecule has 7 nitrogen and oxygen atoms in total. The number of carbonyl (C=O) groups is 1. The number of nitrogens with zero attached hydrogens (tertiary/aromatic N) is 5. The van der Waals surface area contributed by atoms with Crippen molar-refractivity contribution >= 4 is 5.91 Å². The third kappa shape index (κ3) is 3.81. The van der Waals surface area contributed by atoms with Crippen molar-refractivity contribution in [2.75, 3.05) is 32.8 Å². The summed E-state index contributed by atoms with van der Waals surface area (Å²) in [6.45, 7) is 5.45. The number of aromatic nitrogens is 3. The van der Waals surface area contributed by atoms with E-state index < -0.39 is 0 Å². The lowest BCUT2D eigenvalue weighted by Gasteiger charge is -2.34. The third-order valence-corrected chi connectivity index (χ3v) is 6.91. The SMILES string of the molecule is O=C(CCn1cnnc1)N1C[C@@H]2CN(C3CCOCC3)C[C@@H]2[C@H]1c1ccccc1. The van der Waals surface area contributed by atoms with Gasteiger partial charge in [-0.15, -0.1) is 10.2 Å². The van der Waals surface area contributed by atoms with Crippen molar-refractivity contribution in [3.63, 3.8) is 0 Å². The smallest absolute Gasteiger partial charge is 0.224 e. The lowest BCUT2D eigenvalue weighted by Crippen LogP contribution is -2.41. The van der Waals surface area contributed by atoms with E-state index >= 15 is 0 Å². The van der Waals surface area contributed by atoms with Gasteiger partial charge in [0.25, 0.3) is 0 Å². The molecule has 0 unspecified atom stereocenters. The molecule has 0 spiro atoms. The van der Waals surface area contributed by atoms with Gasteiger partial charge in [0.2, 0.25) is 5.91 Å². The van der Waals surface area contributed by atoms with Gasteiger partial charge in [-0.25, -0.2) is 0 Å². The summed E-state index contributed by atoms with van der Waals surface area (Å²) in [6, 6.07) is 11.4. The fraction of sp³-hybridized carbons (Fsp3) is 0.591. The van der Waals surface area contributed by atoms with Gasteiger partial charge in [0, 0.05) is 57.8 Å². The molecule has 2 aromatic rings. The predicted octanol–water partition coefficient (Wildman–Crippen LogP) is 1.98. The van der Waals surface area contributed by atoms with Gasteiger partial charge >= 0.3 is 0 Å². The van der Waals surface area contributed by atoms with E-state index in [4.69, 9.17) is 4.74 Å². The van der Waals surface area contributed by atoms with E-state index in [1.54, 1.807) is 12.7 Å². The second-order valence-corrected chi connectivity index (χ2v) is 8.57. The summed E-state index contributed by atoms with van der Waals surface area (Å²) in [5.41, 5.74) is 1.27. The summed E-state index contributed by atoms with van der Waals surface area (Å²) in [7, 11) is 0. The Balaban J connectivity index is 1.32. The highest BCUT2D eigenvalue weighted by molar-refractivity contribution is 5.77. The molecule has 0 aliphatic carbocycles. The predicted molar refractivity (Wildman–Crippen MR) is 108 cm³/mol. The third-order valence-electron chi connectivity index (χ3n) is 6.91. The first-order valence-electron chi connectivity index (χ1n) is 10.8. The lowest BCUT2D eigenvalue weighted by molar-refractivity contribution is -0.133. The Kier molecular flexibility index (Phi) is 5.33. The van der Waals surface area contributed by atoms with Crippen molar-refractivity contribution in [3.05, 3.63) is 48.5 Å². The van der Waals surface area contributed by atoms with Crippen LogP contribution < -0.4 is 0 Å². The minimum absolute atomic E-state index is 0.180. The molecule has 3 fully saturated rings. The number of hydrogen-bond acceptors (Lipinski definition) is 5. The normalized spacial score (nSPS) is 28.0. The molecule has 3 aliphatic heterocycles. The monoisotopic (exact) mass is 395 g/mol. The van der Waals surface area contributed by atoms with Gasteiger partial charge in [-0.1, -0.05) is 30.3 Å². The molecule has 154 valence electrons. The van der Waals surface area contributed by atoms with Gasteiger partial charge in [-0.05, 0) is 24.3 Å². The summed E-state index contributed by atoms with van der Waals surface area (Å²) in [5.74, 6) is 1.31. The fourth-order valence-corrected chi connectivity index (χ4v) is 5.47. The van der Waals surface area contributed by atoms with E-state index in [-0.39, 0.29) is 11.9 Å². The summed E-state index contributed by atoms with van der Waals surface area (Å²) < 4.78 is 7.43. The number of likely N-dealkylation sites (tertiary alicyclic amines) is 2. The molecular weight excluding hydrogens is 366 g/mol. The number of rotatable bonds is 5. The Morgan fingerprint density at radius 2 is 1.79 bits per heavy atom. The lowest BCUT2D eigenvalue weighted by atomic mass is 9.89. The van der Waals surface area contributed by atoms with Crippen molar-refractivity contribution in [2.45, 2.75) is 37.9 Å². The Bertz CT molecular complexity index is 806. The van der Waals surface area contributed by atoms with Crippen LogP contribution in [-0.2, 0) is 16.1 Å². The number of ether oxygens (including phenoxy) is 1. The number of hydrogen-bond donors (Lipinski definition) is 0. The summed E-state index contributed by atoms with van der Waals surface area (Å²) in [5, 5.41) is 7.67. The minimum Gasteiger partial charge on any atom is -0.381 e. The van der Waals surface area contributed by atoms with Crippen molar-refractivity contribution in [3.8, 4) is 0 Å². The van der Waals surface area contributed by atoms with Gasteiger partial charge in [0.05, 0.1) is 6.04 Å². The first-order valence-corrected chi connectivity index (χ1v) is 10.8. The van der Waals surface area contributed by atoms with Crippen LogP contribution in [0.5, 0.6) is 0 Å². The van der Waals surface area contributed by atoms with Crippen LogP contribution in [-0.4, -0.2) is 69.4 Å². The highest BCUT2D eigenvalue weighted by atomic mass is 16.5. The average molecular weight is 396 g/mol. The van der Waals surface area contributed by atoms with E-state index in [0.29, 0.717) is 30.8 Å². The molecule has 1 aromatic carbocycles. The van der Waals surface area contributed by atoms with Gasteiger partial charge in [-0.3, -0.25) is 9.69 Å². The van der Waals surface area contributed by atoms with Crippen LogP contribution in [0.15, 0.2) is 43.0 Å². The molecule has 5 rings (SSSR count). The van der Waals surface area contributed by atoms with E-state index in [9.17, 15) is 4.79 Å². The average Bonchev–Trinajstić information content (AvgIpc) is 3.49. The topological polar surface area (TPSA) is 63.5 Å². The van der Waals surface area contributed by atoms with Crippen molar-refractivity contribution in [1.82, 2.24) is 24.6 Å². The number of fused-ring (bicyclic) bond motifs is 1.